The second kappa shape index (κ2) is 18.6. The van der Waals surface area contributed by atoms with Gasteiger partial charge in [0.1, 0.15) is 69.0 Å². The maximum atomic E-state index is 9.59. The third-order valence-corrected chi connectivity index (χ3v) is 6.71. The number of phenols is 6. The van der Waals surface area contributed by atoms with Crippen LogP contribution in [0.2, 0.25) is 0 Å². The number of ether oxygens (including phenoxy) is 6. The second-order valence-electron chi connectivity index (χ2n) is 10.9. The van der Waals surface area contributed by atoms with E-state index in [4.69, 9.17) is 28.4 Å². The van der Waals surface area contributed by atoms with Gasteiger partial charge >= 0.3 is 0 Å². The van der Waals surface area contributed by atoms with Gasteiger partial charge in [0.15, 0.2) is 0 Å². The topological polar surface area (TPSA) is 177 Å². The summed E-state index contributed by atoms with van der Waals surface area (Å²) >= 11 is 0. The molecule has 0 unspecified atom stereocenters. The lowest BCUT2D eigenvalue weighted by Gasteiger charge is -2.14. The van der Waals surface area contributed by atoms with Gasteiger partial charge in [-0.15, -0.1) is 0 Å². The molecule has 4 aromatic carbocycles. The summed E-state index contributed by atoms with van der Waals surface area (Å²) in [7, 11) is 0. The summed E-state index contributed by atoms with van der Waals surface area (Å²) in [6.45, 7) is 2.41. The highest BCUT2D eigenvalue weighted by Crippen LogP contribution is 2.30. The summed E-state index contributed by atoms with van der Waals surface area (Å²) in [5, 5.41) is 57.5. The Morgan fingerprint density at radius 3 is 0.604 bits per heavy atom. The predicted octanol–water partition coefficient (Wildman–Crippen LogP) is 6.63. The Hall–Kier alpha value is -5.52. The molecule has 0 atom stereocenters. The summed E-state index contributed by atoms with van der Waals surface area (Å²) in [5.74, 6) is 2.48. The first kappa shape index (κ1) is 35.3. The van der Waals surface area contributed by atoms with E-state index in [1.807, 2.05) is 0 Å². The smallest absolute Gasteiger partial charge is 0.126 e. The van der Waals surface area contributed by atoms with Crippen molar-refractivity contribution in [3.8, 4) is 69.0 Å². The molecule has 0 aliphatic rings. The van der Waals surface area contributed by atoms with E-state index in [9.17, 15) is 30.6 Å². The Morgan fingerprint density at radius 1 is 0.250 bits per heavy atom. The van der Waals surface area contributed by atoms with Crippen molar-refractivity contribution >= 4 is 0 Å². The minimum atomic E-state index is -0.0703. The zero-order chi connectivity index (χ0) is 34.1. The van der Waals surface area contributed by atoms with Crippen molar-refractivity contribution in [2.45, 2.75) is 38.5 Å². The highest BCUT2D eigenvalue weighted by Gasteiger charge is 2.07. The number of benzene rings is 4. The lowest BCUT2D eigenvalue weighted by atomic mass is 10.2. The summed E-state index contributed by atoms with van der Waals surface area (Å²) in [6, 6.07) is 17.7. The van der Waals surface area contributed by atoms with Crippen LogP contribution in [0, 0.1) is 0 Å². The molecule has 0 aromatic heterocycles. The molecule has 0 amide bonds. The van der Waals surface area contributed by atoms with Gasteiger partial charge in [0.25, 0.3) is 0 Å². The van der Waals surface area contributed by atoms with Crippen LogP contribution in [0.5, 0.6) is 69.0 Å². The van der Waals surface area contributed by atoms with Crippen molar-refractivity contribution in [2.75, 3.05) is 39.6 Å². The van der Waals surface area contributed by atoms with E-state index >= 15 is 0 Å². The number of rotatable bonds is 21. The molecule has 0 spiro atoms. The monoisotopic (exact) mass is 666 g/mol. The van der Waals surface area contributed by atoms with Crippen LogP contribution >= 0.6 is 0 Å². The largest absolute Gasteiger partial charge is 0.508 e. The van der Waals surface area contributed by atoms with Crippen molar-refractivity contribution in [1.82, 2.24) is 0 Å². The minimum absolute atomic E-state index is 0.0703. The van der Waals surface area contributed by atoms with Crippen molar-refractivity contribution in [1.29, 1.82) is 0 Å². The summed E-state index contributed by atoms with van der Waals surface area (Å²) in [6.07, 6.45) is 4.14. The van der Waals surface area contributed by atoms with E-state index in [2.05, 4.69) is 0 Å². The summed E-state index contributed by atoms with van der Waals surface area (Å²) < 4.78 is 34.7. The van der Waals surface area contributed by atoms with Crippen LogP contribution in [0.15, 0.2) is 72.8 Å². The fourth-order valence-corrected chi connectivity index (χ4v) is 4.50. The molecule has 48 heavy (non-hydrogen) atoms. The van der Waals surface area contributed by atoms with Gasteiger partial charge in [-0.05, 0) is 38.5 Å². The molecule has 4 aromatic rings. The third-order valence-electron chi connectivity index (χ3n) is 6.71. The average molecular weight is 667 g/mol. The van der Waals surface area contributed by atoms with Gasteiger partial charge in [-0.1, -0.05) is 0 Å². The Balaban J connectivity index is 1.21. The Bertz CT molecular complexity index is 1320. The van der Waals surface area contributed by atoms with E-state index in [0.29, 0.717) is 113 Å². The first-order valence-corrected chi connectivity index (χ1v) is 15.7. The Kier molecular flexibility index (Phi) is 13.7. The van der Waals surface area contributed by atoms with Crippen LogP contribution in [0.3, 0.4) is 0 Å². The first-order chi connectivity index (χ1) is 23.2. The molecule has 12 nitrogen and oxygen atoms in total. The van der Waals surface area contributed by atoms with Gasteiger partial charge in [0, 0.05) is 72.8 Å². The normalized spacial score (nSPS) is 10.8. The molecule has 0 saturated carbocycles. The number of hydrogen-bond donors (Lipinski definition) is 6. The van der Waals surface area contributed by atoms with Gasteiger partial charge in [-0.2, -0.15) is 0 Å². The maximum absolute atomic E-state index is 9.59. The number of hydrogen-bond acceptors (Lipinski definition) is 12. The molecule has 0 saturated heterocycles. The van der Waals surface area contributed by atoms with Gasteiger partial charge in [0.05, 0.1) is 39.6 Å². The molecule has 0 heterocycles. The van der Waals surface area contributed by atoms with E-state index in [1.165, 1.54) is 54.6 Å². The molecule has 0 fully saturated rings. The molecular weight excluding hydrogens is 624 g/mol. The van der Waals surface area contributed by atoms with Gasteiger partial charge in [0.2, 0.25) is 0 Å². The molecular formula is C36H42O12. The molecule has 0 bridgehead atoms. The molecule has 6 N–H and O–H groups in total. The number of phenolic OH excluding ortho intramolecular Hbond substituents is 6. The first-order valence-electron chi connectivity index (χ1n) is 15.7. The molecule has 0 radical (unpaired) electrons. The van der Waals surface area contributed by atoms with E-state index in [1.54, 1.807) is 18.2 Å². The number of aromatic hydroxyl groups is 6. The van der Waals surface area contributed by atoms with Crippen molar-refractivity contribution < 1.29 is 59.1 Å². The minimum Gasteiger partial charge on any atom is -0.508 e. The lowest BCUT2D eigenvalue weighted by molar-refractivity contribution is 0.250. The highest BCUT2D eigenvalue weighted by molar-refractivity contribution is 5.43. The quantitative estimate of drug-likeness (QED) is 0.0524. The average Bonchev–Trinajstić information content (AvgIpc) is 3.01. The lowest BCUT2D eigenvalue weighted by Crippen LogP contribution is -2.05. The fraction of sp³-hybridized carbons (Fsp3) is 0.333. The summed E-state index contributed by atoms with van der Waals surface area (Å²) in [5.41, 5.74) is 0. The summed E-state index contributed by atoms with van der Waals surface area (Å²) in [4.78, 5) is 0. The van der Waals surface area contributed by atoms with Crippen LogP contribution in [-0.4, -0.2) is 70.3 Å². The van der Waals surface area contributed by atoms with E-state index in [-0.39, 0.29) is 34.5 Å². The van der Waals surface area contributed by atoms with Crippen LogP contribution in [0.1, 0.15) is 38.5 Å². The molecule has 12 heteroatoms. The van der Waals surface area contributed by atoms with Gasteiger partial charge in [-0.3, -0.25) is 0 Å². The Morgan fingerprint density at radius 2 is 0.417 bits per heavy atom. The second-order valence-corrected chi connectivity index (χ2v) is 10.9. The molecule has 4 rings (SSSR count). The van der Waals surface area contributed by atoms with E-state index in [0.717, 1.165) is 0 Å². The fourth-order valence-electron chi connectivity index (χ4n) is 4.50. The zero-order valence-electron chi connectivity index (χ0n) is 26.5. The van der Waals surface area contributed by atoms with Crippen LogP contribution in [0.4, 0.5) is 0 Å². The SMILES string of the molecule is Oc1cc(O)cc(OCCCCOc2cc(OCCCCOc3cc(O)cc(O)c3)cc(OCCCCOc3cc(O)cc(O)c3)c2)c1. The molecule has 258 valence electrons. The maximum Gasteiger partial charge on any atom is 0.126 e. The van der Waals surface area contributed by atoms with Gasteiger partial charge in [-0.25, -0.2) is 0 Å². The van der Waals surface area contributed by atoms with Crippen LogP contribution in [0.25, 0.3) is 0 Å². The van der Waals surface area contributed by atoms with Crippen molar-refractivity contribution in [3.63, 3.8) is 0 Å². The van der Waals surface area contributed by atoms with E-state index < -0.39 is 0 Å². The Labute approximate surface area is 278 Å². The zero-order valence-corrected chi connectivity index (χ0v) is 26.5. The third kappa shape index (κ3) is 13.1. The van der Waals surface area contributed by atoms with Gasteiger partial charge < -0.3 is 59.1 Å². The van der Waals surface area contributed by atoms with Crippen molar-refractivity contribution in [3.05, 3.63) is 72.8 Å². The molecule has 0 aliphatic carbocycles. The highest BCUT2D eigenvalue weighted by atomic mass is 16.5. The predicted molar refractivity (Wildman–Crippen MR) is 176 cm³/mol. The van der Waals surface area contributed by atoms with Crippen LogP contribution < -0.4 is 28.4 Å². The van der Waals surface area contributed by atoms with Crippen LogP contribution in [-0.2, 0) is 0 Å². The molecule has 0 aliphatic heterocycles. The standard InChI is InChI=1S/C36H42O12/c37-25-13-26(38)17-31(16-25)43-7-1-4-10-46-34-22-35(47-11-5-2-8-44-32-18-27(39)14-28(40)19-32)24-36(23-34)48-12-6-3-9-45-33-20-29(41)15-30(42)21-33/h13-24,37-42H,1-12H2. The van der Waals surface area contributed by atoms with Crippen molar-refractivity contribution in [2.24, 2.45) is 0 Å². The number of unbranched alkanes of at least 4 members (excludes halogenated alkanes) is 3.